The molecule has 4 unspecified atom stereocenters. The first-order valence-corrected chi connectivity index (χ1v) is 13.0. The number of carboxylic acid groups (broad SMARTS) is 1. The third-order valence-electron chi connectivity index (χ3n) is 6.44. The molecule has 0 radical (unpaired) electrons. The van der Waals surface area contributed by atoms with Crippen LogP contribution in [0.3, 0.4) is 0 Å². The smallest absolute Gasteiger partial charge is 0.326 e. The van der Waals surface area contributed by atoms with Crippen molar-refractivity contribution < 1.29 is 29.4 Å². The topological polar surface area (TPSA) is 241 Å². The van der Waals surface area contributed by atoms with Crippen molar-refractivity contribution in [2.45, 2.75) is 56.3 Å². The summed E-state index contributed by atoms with van der Waals surface area (Å²) in [5.74, 6) is -3.45. The summed E-state index contributed by atoms with van der Waals surface area (Å²) in [6.07, 6.45) is 5.99. The highest BCUT2D eigenvalue weighted by Crippen LogP contribution is 2.19. The van der Waals surface area contributed by atoms with Gasteiger partial charge < -0.3 is 47.6 Å². The van der Waals surface area contributed by atoms with Gasteiger partial charge in [-0.2, -0.15) is 0 Å². The van der Waals surface area contributed by atoms with Crippen LogP contribution in [0.4, 0.5) is 0 Å². The number of nitrogens with one attached hydrogen (secondary N) is 5. The highest BCUT2D eigenvalue weighted by molar-refractivity contribution is 5.94. The first kappa shape index (κ1) is 30.3. The molecule has 40 heavy (non-hydrogen) atoms. The van der Waals surface area contributed by atoms with Crippen LogP contribution >= 0.6 is 0 Å². The maximum absolute atomic E-state index is 13.2. The average molecular weight is 557 g/mol. The molecular weight excluding hydrogens is 520 g/mol. The van der Waals surface area contributed by atoms with Gasteiger partial charge in [-0.3, -0.25) is 14.4 Å². The Labute approximate surface area is 230 Å². The van der Waals surface area contributed by atoms with Crippen LogP contribution in [0.2, 0.25) is 0 Å². The second-order valence-electron chi connectivity index (χ2n) is 9.44. The fourth-order valence-corrected chi connectivity index (χ4v) is 4.23. The van der Waals surface area contributed by atoms with Crippen LogP contribution in [0.5, 0.6) is 0 Å². The lowest BCUT2D eigenvalue weighted by molar-refractivity contribution is -0.142. The maximum atomic E-state index is 13.2. The van der Waals surface area contributed by atoms with Crippen LogP contribution in [-0.2, 0) is 32.0 Å². The number of nitrogens with zero attached hydrogens (tertiary/aromatic N) is 1. The number of aromatic amines is 2. The number of aliphatic hydroxyl groups excluding tert-OH is 1. The van der Waals surface area contributed by atoms with E-state index in [-0.39, 0.29) is 19.3 Å². The normalized spacial score (nSPS) is 14.2. The van der Waals surface area contributed by atoms with Crippen LogP contribution < -0.4 is 27.4 Å². The lowest BCUT2D eigenvalue weighted by Crippen LogP contribution is -2.58. The van der Waals surface area contributed by atoms with E-state index in [4.69, 9.17) is 11.5 Å². The standard InChI is InChI=1S/C26H36N8O6/c27-8-4-3-7-20(32-25(38)22(13-35)34-23(36)18(28)10-16-12-29-14-31-16)24(37)33-21(26(39)40)9-15-11-30-19-6-2-1-5-17(15)19/h1-2,5-6,11-12,14,18,20-22,30,35H,3-4,7-10,13,27-28H2,(H,29,31)(H,32,38)(H,33,37)(H,34,36)(H,39,40). The van der Waals surface area contributed by atoms with Crippen molar-refractivity contribution in [3.63, 3.8) is 0 Å². The number of H-pyrrole nitrogens is 2. The van der Waals surface area contributed by atoms with Crippen LogP contribution in [0.25, 0.3) is 10.9 Å². The summed E-state index contributed by atoms with van der Waals surface area (Å²) in [6, 6.07) is 2.58. The zero-order valence-corrected chi connectivity index (χ0v) is 21.9. The molecule has 0 aliphatic rings. The molecular formula is C26H36N8O6. The number of aliphatic hydroxyl groups is 1. The van der Waals surface area contributed by atoms with Gasteiger partial charge in [0, 0.05) is 41.8 Å². The third-order valence-corrected chi connectivity index (χ3v) is 6.44. The van der Waals surface area contributed by atoms with E-state index in [1.807, 2.05) is 24.3 Å². The number of unbranched alkanes of at least 4 members (excludes halogenated alkanes) is 1. The van der Waals surface area contributed by atoms with Crippen LogP contribution in [0, 0.1) is 0 Å². The SMILES string of the molecule is NCCCCC(NC(=O)C(CO)NC(=O)C(N)Cc1cnc[nH]1)C(=O)NC(Cc1c[nH]c2ccccc12)C(=O)O. The first-order valence-electron chi connectivity index (χ1n) is 13.0. The minimum Gasteiger partial charge on any atom is -0.480 e. The molecule has 2 heterocycles. The number of imidazole rings is 1. The fraction of sp³-hybridized carbons (Fsp3) is 0.423. The van der Waals surface area contributed by atoms with Gasteiger partial charge in [0.1, 0.15) is 18.1 Å². The molecule has 1 aromatic carbocycles. The summed E-state index contributed by atoms with van der Waals surface area (Å²) in [6.45, 7) is -0.381. The predicted octanol–water partition coefficient (Wildman–Crippen LogP) is -1.34. The second kappa shape index (κ2) is 14.8. The summed E-state index contributed by atoms with van der Waals surface area (Å²) in [5.41, 5.74) is 13.6. The molecule has 0 saturated carbocycles. The van der Waals surface area contributed by atoms with Gasteiger partial charge in [-0.05, 0) is 37.4 Å². The molecule has 14 nitrogen and oxygen atoms in total. The lowest BCUT2D eigenvalue weighted by Gasteiger charge is -2.24. The van der Waals surface area contributed by atoms with E-state index >= 15 is 0 Å². The Morgan fingerprint density at radius 3 is 2.30 bits per heavy atom. The number of amides is 3. The van der Waals surface area contributed by atoms with Gasteiger partial charge >= 0.3 is 5.97 Å². The fourth-order valence-electron chi connectivity index (χ4n) is 4.23. The number of nitrogens with two attached hydrogens (primary N) is 2. The highest BCUT2D eigenvalue weighted by Gasteiger charge is 2.30. The number of hydrogen-bond acceptors (Lipinski definition) is 8. The molecule has 14 heteroatoms. The Morgan fingerprint density at radius 2 is 1.62 bits per heavy atom. The van der Waals surface area contributed by atoms with Gasteiger partial charge in [0.2, 0.25) is 17.7 Å². The summed E-state index contributed by atoms with van der Waals surface area (Å²) >= 11 is 0. The summed E-state index contributed by atoms with van der Waals surface area (Å²) in [7, 11) is 0. The van der Waals surface area contributed by atoms with Crippen molar-refractivity contribution in [1.29, 1.82) is 0 Å². The number of fused-ring (bicyclic) bond motifs is 1. The van der Waals surface area contributed by atoms with Crippen LogP contribution in [-0.4, -0.2) is 86.2 Å². The van der Waals surface area contributed by atoms with Gasteiger partial charge in [-0.1, -0.05) is 18.2 Å². The summed E-state index contributed by atoms with van der Waals surface area (Å²) in [5, 5.41) is 27.8. The maximum Gasteiger partial charge on any atom is 0.326 e. The van der Waals surface area contributed by atoms with Gasteiger partial charge in [0.15, 0.2) is 0 Å². The van der Waals surface area contributed by atoms with E-state index in [1.54, 1.807) is 6.20 Å². The molecule has 0 spiro atoms. The zero-order chi connectivity index (χ0) is 29.1. The number of rotatable bonds is 16. The Hall–Kier alpha value is -4.27. The average Bonchev–Trinajstić information content (AvgIpc) is 3.60. The molecule has 3 amide bonds. The number of aliphatic carboxylic acids is 1. The molecule has 0 saturated heterocycles. The van der Waals surface area contributed by atoms with E-state index in [2.05, 4.69) is 30.9 Å². The van der Waals surface area contributed by atoms with Gasteiger partial charge in [0.25, 0.3) is 0 Å². The van der Waals surface area contributed by atoms with Gasteiger partial charge in [-0.15, -0.1) is 0 Å². The van der Waals surface area contributed by atoms with E-state index in [0.717, 1.165) is 10.9 Å². The van der Waals surface area contributed by atoms with Gasteiger partial charge in [-0.25, -0.2) is 9.78 Å². The number of carbonyl (C=O) groups is 4. The molecule has 4 atom stereocenters. The predicted molar refractivity (Wildman–Crippen MR) is 146 cm³/mol. The number of benzene rings is 1. The van der Waals surface area contributed by atoms with Crippen molar-refractivity contribution >= 4 is 34.6 Å². The third kappa shape index (κ3) is 8.36. The first-order chi connectivity index (χ1) is 19.2. The monoisotopic (exact) mass is 556 g/mol. The van der Waals surface area contributed by atoms with E-state index in [9.17, 15) is 29.4 Å². The molecule has 11 N–H and O–H groups in total. The van der Waals surface area contributed by atoms with Crippen molar-refractivity contribution in [1.82, 2.24) is 30.9 Å². The van der Waals surface area contributed by atoms with E-state index in [0.29, 0.717) is 30.6 Å². The minimum atomic E-state index is -1.38. The molecule has 0 fully saturated rings. The van der Waals surface area contributed by atoms with E-state index in [1.165, 1.54) is 12.5 Å². The highest BCUT2D eigenvalue weighted by atomic mass is 16.4. The molecule has 0 aliphatic heterocycles. The number of carbonyl (C=O) groups excluding carboxylic acids is 3. The van der Waals surface area contributed by atoms with Crippen LogP contribution in [0.15, 0.2) is 43.0 Å². The molecule has 216 valence electrons. The second-order valence-corrected chi connectivity index (χ2v) is 9.44. The number of para-hydroxylation sites is 1. The Morgan fingerprint density at radius 1 is 0.925 bits per heavy atom. The lowest BCUT2D eigenvalue weighted by atomic mass is 10.0. The Bertz CT molecular complexity index is 1280. The largest absolute Gasteiger partial charge is 0.480 e. The summed E-state index contributed by atoms with van der Waals surface area (Å²) < 4.78 is 0. The molecule has 0 aliphatic carbocycles. The quantitative estimate of drug-likeness (QED) is 0.0947. The van der Waals surface area contributed by atoms with Crippen molar-refractivity contribution in [3.8, 4) is 0 Å². The Balaban J connectivity index is 1.66. The van der Waals surface area contributed by atoms with Crippen molar-refractivity contribution in [2.24, 2.45) is 11.5 Å². The molecule has 0 bridgehead atoms. The number of carboxylic acids is 1. The molecule has 2 aromatic heterocycles. The molecule has 3 rings (SSSR count). The number of aromatic nitrogens is 3. The van der Waals surface area contributed by atoms with Gasteiger partial charge in [0.05, 0.1) is 19.0 Å². The minimum absolute atomic E-state index is 0.0120. The number of hydrogen-bond donors (Lipinski definition) is 9. The summed E-state index contributed by atoms with van der Waals surface area (Å²) in [4.78, 5) is 60.4. The van der Waals surface area contributed by atoms with Crippen LogP contribution in [0.1, 0.15) is 30.5 Å². The Kier molecular flexibility index (Phi) is 11.2. The zero-order valence-electron chi connectivity index (χ0n) is 21.9. The van der Waals surface area contributed by atoms with Crippen molar-refractivity contribution in [3.05, 3.63) is 54.2 Å². The molecule has 3 aromatic rings. The van der Waals surface area contributed by atoms with Crippen molar-refractivity contribution in [2.75, 3.05) is 13.2 Å². The van der Waals surface area contributed by atoms with E-state index < -0.39 is 54.5 Å².